The van der Waals surface area contributed by atoms with Crippen LogP contribution >= 0.6 is 0 Å². The van der Waals surface area contributed by atoms with Crippen LogP contribution in [0.4, 0.5) is 5.82 Å². The molecule has 1 aliphatic heterocycles. The van der Waals surface area contributed by atoms with Crippen LogP contribution in [0.5, 0.6) is 17.2 Å². The van der Waals surface area contributed by atoms with Crippen molar-refractivity contribution in [2.75, 3.05) is 18.5 Å². The topological polar surface area (TPSA) is 95.7 Å². The summed E-state index contributed by atoms with van der Waals surface area (Å²) in [6.07, 6.45) is 1.28. The fourth-order valence-electron chi connectivity index (χ4n) is 2.85. The molecule has 1 aliphatic rings. The Labute approximate surface area is 167 Å². The van der Waals surface area contributed by atoms with Gasteiger partial charge in [0.1, 0.15) is 12.4 Å². The number of hydrogen-bond donors (Lipinski definition) is 1. The van der Waals surface area contributed by atoms with E-state index >= 15 is 0 Å². The number of carbonyl (C=O) groups excluding carboxylic acids is 1. The molecule has 8 nitrogen and oxygen atoms in total. The van der Waals surface area contributed by atoms with E-state index in [9.17, 15) is 4.79 Å². The number of aromatic nitrogens is 2. The molecule has 1 amide bonds. The van der Waals surface area contributed by atoms with Crippen LogP contribution in [0.25, 0.3) is 11.3 Å². The molecule has 1 N–H and O–H groups in total. The predicted molar refractivity (Wildman–Crippen MR) is 105 cm³/mol. The minimum absolute atomic E-state index is 0.104. The predicted octanol–water partition coefficient (Wildman–Crippen LogP) is 3.69. The second-order valence-corrected chi connectivity index (χ2v) is 6.54. The first kappa shape index (κ1) is 18.8. The first-order valence-corrected chi connectivity index (χ1v) is 9.49. The minimum atomic E-state index is -0.802. The van der Waals surface area contributed by atoms with Crippen molar-refractivity contribution < 1.29 is 23.6 Å². The average molecular weight is 395 g/mol. The number of benzene rings is 2. The van der Waals surface area contributed by atoms with E-state index in [0.29, 0.717) is 23.8 Å². The van der Waals surface area contributed by atoms with Crippen LogP contribution in [0.1, 0.15) is 19.8 Å². The molecule has 29 heavy (non-hydrogen) atoms. The van der Waals surface area contributed by atoms with Gasteiger partial charge in [-0.25, -0.2) is 4.63 Å². The SMILES string of the molecule is CCCCOc1ccc(-c2nonc2NC(=O)[C@@H]2COc3ccccc3O2)cc1. The Morgan fingerprint density at radius 1 is 1.14 bits per heavy atom. The minimum Gasteiger partial charge on any atom is -0.494 e. The van der Waals surface area contributed by atoms with Crippen molar-refractivity contribution in [3.05, 3.63) is 48.5 Å². The van der Waals surface area contributed by atoms with Gasteiger partial charge in [-0.15, -0.1) is 0 Å². The van der Waals surface area contributed by atoms with Crippen molar-refractivity contribution in [1.29, 1.82) is 0 Å². The maximum absolute atomic E-state index is 12.6. The fraction of sp³-hybridized carbons (Fsp3) is 0.286. The zero-order chi connectivity index (χ0) is 20.1. The lowest BCUT2D eigenvalue weighted by molar-refractivity contribution is -0.125. The average Bonchev–Trinajstić information content (AvgIpc) is 3.22. The number of carbonyl (C=O) groups is 1. The van der Waals surface area contributed by atoms with Gasteiger partial charge < -0.3 is 19.5 Å². The highest BCUT2D eigenvalue weighted by Gasteiger charge is 2.29. The van der Waals surface area contributed by atoms with Crippen LogP contribution in [-0.4, -0.2) is 35.5 Å². The monoisotopic (exact) mass is 395 g/mol. The van der Waals surface area contributed by atoms with Crippen LogP contribution in [0.15, 0.2) is 53.2 Å². The molecular weight excluding hydrogens is 374 g/mol. The van der Waals surface area contributed by atoms with Crippen LogP contribution in [0.3, 0.4) is 0 Å². The van der Waals surface area contributed by atoms with E-state index in [-0.39, 0.29) is 12.4 Å². The van der Waals surface area contributed by atoms with E-state index < -0.39 is 12.0 Å². The summed E-state index contributed by atoms with van der Waals surface area (Å²) in [7, 11) is 0. The first-order valence-electron chi connectivity index (χ1n) is 9.49. The highest BCUT2D eigenvalue weighted by Crippen LogP contribution is 2.32. The fourth-order valence-corrected chi connectivity index (χ4v) is 2.85. The summed E-state index contributed by atoms with van der Waals surface area (Å²) >= 11 is 0. The molecule has 150 valence electrons. The van der Waals surface area contributed by atoms with Gasteiger partial charge in [0.25, 0.3) is 5.91 Å². The quantitative estimate of drug-likeness (QED) is 0.610. The van der Waals surface area contributed by atoms with Gasteiger partial charge in [-0.2, -0.15) is 0 Å². The maximum Gasteiger partial charge on any atom is 0.270 e. The number of rotatable bonds is 7. The lowest BCUT2D eigenvalue weighted by atomic mass is 10.1. The summed E-state index contributed by atoms with van der Waals surface area (Å²) < 4.78 is 21.8. The Bertz CT molecular complexity index is 970. The molecule has 8 heteroatoms. The number of hydrogen-bond acceptors (Lipinski definition) is 7. The molecule has 0 fully saturated rings. The van der Waals surface area contributed by atoms with Crippen molar-refractivity contribution in [1.82, 2.24) is 10.3 Å². The number of fused-ring (bicyclic) bond motifs is 1. The summed E-state index contributed by atoms with van der Waals surface area (Å²) in [6, 6.07) is 14.6. The van der Waals surface area contributed by atoms with Crippen LogP contribution < -0.4 is 19.5 Å². The largest absolute Gasteiger partial charge is 0.494 e. The van der Waals surface area contributed by atoms with Crippen molar-refractivity contribution in [2.24, 2.45) is 0 Å². The van der Waals surface area contributed by atoms with Gasteiger partial charge in [0.2, 0.25) is 11.9 Å². The van der Waals surface area contributed by atoms with Gasteiger partial charge in [-0.05, 0) is 53.1 Å². The van der Waals surface area contributed by atoms with E-state index in [0.717, 1.165) is 24.2 Å². The Balaban J connectivity index is 1.42. The highest BCUT2D eigenvalue weighted by atomic mass is 16.6. The molecule has 0 unspecified atom stereocenters. The molecule has 0 aliphatic carbocycles. The zero-order valence-electron chi connectivity index (χ0n) is 16.0. The lowest BCUT2D eigenvalue weighted by Gasteiger charge is -2.25. The number of unbranched alkanes of at least 4 members (excludes halogenated alkanes) is 1. The third-order valence-electron chi connectivity index (χ3n) is 4.43. The smallest absolute Gasteiger partial charge is 0.270 e. The highest BCUT2D eigenvalue weighted by molar-refractivity contribution is 5.96. The van der Waals surface area contributed by atoms with Gasteiger partial charge in [0.05, 0.1) is 6.61 Å². The van der Waals surface area contributed by atoms with E-state index in [1.54, 1.807) is 12.1 Å². The molecule has 2 heterocycles. The molecule has 0 spiro atoms. The standard InChI is InChI=1S/C21H21N3O5/c1-2-3-12-26-15-10-8-14(9-11-15)19-20(24-29-23-19)22-21(25)18-13-27-16-6-4-5-7-17(16)28-18/h4-11,18H,2-3,12-13H2,1H3,(H,22,24,25)/t18-/m0/s1. The third kappa shape index (κ3) is 4.31. The molecule has 3 aromatic rings. The summed E-state index contributed by atoms with van der Waals surface area (Å²) in [5.41, 5.74) is 1.17. The summed E-state index contributed by atoms with van der Waals surface area (Å²) in [4.78, 5) is 12.6. The second-order valence-electron chi connectivity index (χ2n) is 6.54. The molecule has 0 radical (unpaired) electrons. The van der Waals surface area contributed by atoms with Gasteiger partial charge in [0, 0.05) is 5.56 Å². The summed E-state index contributed by atoms with van der Waals surface area (Å²) in [5, 5.41) is 10.4. The van der Waals surface area contributed by atoms with Crippen LogP contribution in [-0.2, 0) is 4.79 Å². The molecule has 0 saturated carbocycles. The number of ether oxygens (including phenoxy) is 3. The summed E-state index contributed by atoms with van der Waals surface area (Å²) in [6.45, 7) is 2.89. The number of para-hydroxylation sites is 2. The number of anilines is 1. The maximum atomic E-state index is 12.6. The molecule has 1 atom stereocenters. The molecular formula is C21H21N3O5. The molecule has 1 aromatic heterocycles. The Morgan fingerprint density at radius 3 is 2.72 bits per heavy atom. The zero-order valence-corrected chi connectivity index (χ0v) is 16.0. The number of nitrogens with one attached hydrogen (secondary N) is 1. The first-order chi connectivity index (χ1) is 14.2. The number of nitrogens with zero attached hydrogens (tertiary/aromatic N) is 2. The van der Waals surface area contributed by atoms with E-state index in [1.165, 1.54) is 0 Å². The van der Waals surface area contributed by atoms with Crippen molar-refractivity contribution in [3.63, 3.8) is 0 Å². The Hall–Kier alpha value is -3.55. The molecule has 0 bridgehead atoms. The van der Waals surface area contributed by atoms with Crippen molar-refractivity contribution in [3.8, 4) is 28.5 Å². The number of amides is 1. The van der Waals surface area contributed by atoms with Crippen molar-refractivity contribution >= 4 is 11.7 Å². The Kier molecular flexibility index (Phi) is 5.60. The van der Waals surface area contributed by atoms with E-state index in [2.05, 4.69) is 22.6 Å². The second kappa shape index (κ2) is 8.64. The third-order valence-corrected chi connectivity index (χ3v) is 4.43. The van der Waals surface area contributed by atoms with Crippen LogP contribution in [0.2, 0.25) is 0 Å². The van der Waals surface area contributed by atoms with Gasteiger partial charge in [0.15, 0.2) is 17.2 Å². The lowest BCUT2D eigenvalue weighted by Crippen LogP contribution is -2.40. The van der Waals surface area contributed by atoms with E-state index in [4.69, 9.17) is 18.8 Å². The molecule has 2 aromatic carbocycles. The molecule has 0 saturated heterocycles. The molecule has 4 rings (SSSR count). The van der Waals surface area contributed by atoms with Crippen LogP contribution in [0, 0.1) is 0 Å². The van der Waals surface area contributed by atoms with Gasteiger partial charge in [-0.3, -0.25) is 4.79 Å². The van der Waals surface area contributed by atoms with Crippen molar-refractivity contribution in [2.45, 2.75) is 25.9 Å². The summed E-state index contributed by atoms with van der Waals surface area (Å²) in [5.74, 6) is 1.74. The van der Waals surface area contributed by atoms with Gasteiger partial charge >= 0.3 is 0 Å². The van der Waals surface area contributed by atoms with Gasteiger partial charge in [-0.1, -0.05) is 25.5 Å². The Morgan fingerprint density at radius 2 is 1.93 bits per heavy atom. The normalized spacial score (nSPS) is 15.0. The van der Waals surface area contributed by atoms with E-state index in [1.807, 2.05) is 36.4 Å².